The molecule has 53 heavy (non-hydrogen) atoms. The SMILES string of the molecule is CN[C@@H](Cc1ccccc1)C(=O)N[C@@H](Cc1ccc(O)cc1)C(=O)N1CCC[C@H]1C(=O)C(C1CCCCC1)[C@](N)([C]=O)C(=O)[C@H](N)CC1CCCCC1. The minimum atomic E-state index is -2.23. The largest absolute Gasteiger partial charge is 0.508 e. The van der Waals surface area contributed by atoms with E-state index in [-0.39, 0.29) is 36.5 Å². The third-order valence-corrected chi connectivity index (χ3v) is 11.9. The molecule has 1 radical (unpaired) electrons. The Morgan fingerprint density at radius 1 is 0.849 bits per heavy atom. The Kier molecular flexibility index (Phi) is 14.4. The highest BCUT2D eigenvalue weighted by Crippen LogP contribution is 2.39. The quantitative estimate of drug-likeness (QED) is 0.152. The molecule has 2 aromatic carbocycles. The summed E-state index contributed by atoms with van der Waals surface area (Å²) < 4.78 is 0. The van der Waals surface area contributed by atoms with Gasteiger partial charge in [0.05, 0.1) is 24.0 Å². The highest BCUT2D eigenvalue weighted by atomic mass is 16.3. The van der Waals surface area contributed by atoms with Crippen LogP contribution in [0.2, 0.25) is 0 Å². The zero-order valence-electron chi connectivity index (χ0n) is 31.1. The molecule has 1 aliphatic heterocycles. The number of ketones is 2. The molecule has 2 aliphatic carbocycles. The number of Topliss-reactive ketones (excluding diaryl/α,β-unsaturated/α-hetero) is 2. The Morgan fingerprint density at radius 3 is 2.08 bits per heavy atom. The molecule has 2 saturated carbocycles. The number of carbonyl (C=O) groups is 4. The molecule has 287 valence electrons. The summed E-state index contributed by atoms with van der Waals surface area (Å²) >= 11 is 0. The fraction of sp³-hybridized carbons (Fsp3) is 0.595. The van der Waals surface area contributed by atoms with Crippen LogP contribution < -0.4 is 22.1 Å². The first kappa shape index (κ1) is 40.3. The molecule has 11 nitrogen and oxygen atoms in total. The van der Waals surface area contributed by atoms with Gasteiger partial charge in [-0.15, -0.1) is 0 Å². The van der Waals surface area contributed by atoms with E-state index < -0.39 is 53.1 Å². The van der Waals surface area contributed by atoms with Crippen molar-refractivity contribution in [3.8, 4) is 5.75 Å². The van der Waals surface area contributed by atoms with E-state index in [4.69, 9.17) is 11.5 Å². The van der Waals surface area contributed by atoms with E-state index in [1.807, 2.05) is 36.6 Å². The zero-order chi connectivity index (χ0) is 38.0. The van der Waals surface area contributed by atoms with Crippen molar-refractivity contribution < 1.29 is 29.1 Å². The molecule has 2 amide bonds. The Balaban J connectivity index is 1.41. The second-order valence-electron chi connectivity index (χ2n) is 15.6. The molecule has 0 bridgehead atoms. The van der Waals surface area contributed by atoms with Crippen molar-refractivity contribution in [2.75, 3.05) is 13.6 Å². The second-order valence-corrected chi connectivity index (χ2v) is 15.6. The molecule has 2 aromatic rings. The summed E-state index contributed by atoms with van der Waals surface area (Å²) in [5.74, 6) is -3.02. The van der Waals surface area contributed by atoms with Crippen LogP contribution in [0, 0.1) is 17.8 Å². The van der Waals surface area contributed by atoms with Gasteiger partial charge < -0.3 is 32.1 Å². The number of hydrogen-bond donors (Lipinski definition) is 5. The predicted molar refractivity (Wildman–Crippen MR) is 203 cm³/mol. The third-order valence-electron chi connectivity index (χ3n) is 11.9. The molecular weight excluding hydrogens is 670 g/mol. The Hall–Kier alpha value is -3.93. The van der Waals surface area contributed by atoms with Gasteiger partial charge >= 0.3 is 0 Å². The molecule has 3 fully saturated rings. The number of amides is 2. The number of phenolic OH excluding ortho intramolecular Hbond substituents is 1. The van der Waals surface area contributed by atoms with E-state index in [0.29, 0.717) is 44.1 Å². The average Bonchev–Trinajstić information content (AvgIpc) is 3.68. The van der Waals surface area contributed by atoms with Gasteiger partial charge in [-0.3, -0.25) is 24.0 Å². The number of nitrogens with two attached hydrogens (primary N) is 2. The summed E-state index contributed by atoms with van der Waals surface area (Å²) in [6, 6.07) is 12.4. The van der Waals surface area contributed by atoms with Crippen LogP contribution in [0.25, 0.3) is 0 Å². The number of nitrogens with one attached hydrogen (secondary N) is 2. The van der Waals surface area contributed by atoms with Gasteiger partial charge in [-0.1, -0.05) is 93.8 Å². The van der Waals surface area contributed by atoms with Crippen LogP contribution >= 0.6 is 0 Å². The number of benzene rings is 2. The number of aromatic hydroxyl groups is 1. The van der Waals surface area contributed by atoms with Crippen LogP contribution in [0.3, 0.4) is 0 Å². The minimum absolute atomic E-state index is 0.0722. The number of phenols is 1. The fourth-order valence-corrected chi connectivity index (χ4v) is 9.01. The molecule has 3 aliphatic rings. The van der Waals surface area contributed by atoms with Gasteiger partial charge in [-0.05, 0) is 80.7 Å². The van der Waals surface area contributed by atoms with Crippen molar-refractivity contribution in [1.82, 2.24) is 15.5 Å². The van der Waals surface area contributed by atoms with Crippen molar-refractivity contribution >= 4 is 29.7 Å². The average molecular weight is 729 g/mol. The first-order valence-electron chi connectivity index (χ1n) is 19.7. The summed E-state index contributed by atoms with van der Waals surface area (Å²) in [5.41, 5.74) is 12.7. The molecule has 1 saturated heterocycles. The Morgan fingerprint density at radius 2 is 1.45 bits per heavy atom. The maximum atomic E-state index is 14.9. The summed E-state index contributed by atoms with van der Waals surface area (Å²) in [7, 11) is 1.69. The van der Waals surface area contributed by atoms with Crippen molar-refractivity contribution in [2.45, 2.75) is 126 Å². The molecular formula is C42H58N5O6. The summed E-state index contributed by atoms with van der Waals surface area (Å²) in [4.78, 5) is 71.9. The normalized spacial score (nSPS) is 21.9. The lowest BCUT2D eigenvalue weighted by atomic mass is 9.65. The number of carbonyl (C=O) groups excluding carboxylic acids is 5. The predicted octanol–water partition coefficient (Wildman–Crippen LogP) is 3.68. The highest BCUT2D eigenvalue weighted by Gasteiger charge is 2.54. The van der Waals surface area contributed by atoms with Crippen LogP contribution in [0.15, 0.2) is 54.6 Å². The van der Waals surface area contributed by atoms with Crippen molar-refractivity contribution in [2.24, 2.45) is 29.2 Å². The van der Waals surface area contributed by atoms with Gasteiger partial charge in [0, 0.05) is 13.0 Å². The van der Waals surface area contributed by atoms with Crippen LogP contribution in [-0.4, -0.2) is 83.0 Å². The lowest BCUT2D eigenvalue weighted by Gasteiger charge is -2.41. The molecule has 6 atom stereocenters. The van der Waals surface area contributed by atoms with Crippen molar-refractivity contribution in [1.29, 1.82) is 0 Å². The number of nitrogens with zero attached hydrogens (tertiary/aromatic N) is 1. The molecule has 7 N–H and O–H groups in total. The second kappa shape index (κ2) is 18.9. The van der Waals surface area contributed by atoms with Gasteiger partial charge in [-0.25, -0.2) is 0 Å². The van der Waals surface area contributed by atoms with Gasteiger partial charge in [0.15, 0.2) is 17.1 Å². The van der Waals surface area contributed by atoms with E-state index in [0.717, 1.165) is 56.9 Å². The van der Waals surface area contributed by atoms with Crippen molar-refractivity contribution in [3.63, 3.8) is 0 Å². The molecule has 0 aromatic heterocycles. The topological polar surface area (TPSA) is 185 Å². The maximum absolute atomic E-state index is 14.9. The summed E-state index contributed by atoms with van der Waals surface area (Å²) in [5, 5.41) is 15.9. The van der Waals surface area contributed by atoms with E-state index in [1.165, 1.54) is 17.0 Å². The lowest BCUT2D eigenvalue weighted by molar-refractivity contribution is -0.144. The molecule has 1 unspecified atom stereocenters. The van der Waals surface area contributed by atoms with Crippen LogP contribution in [0.4, 0.5) is 0 Å². The standard InChI is InChI=1S/C42H58N5O6/c1-45-34(25-29-14-7-3-8-15-29)40(52)46-35(26-30-19-21-32(49)22-20-30)41(53)47-23-11-18-36(47)38(50)37(31-16-9-4-10-17-31)42(44,27-48)39(51)33(43)24-28-12-5-2-6-13-28/h3,7-8,14-15,19-22,28,31,33-37,45,49H,2,4-6,9-13,16-18,23-26,43-44H2,1H3,(H,46,52)/t33-,34+,35+,36+,37?,42-/m1/s1. The third kappa shape index (κ3) is 9.99. The smallest absolute Gasteiger partial charge is 0.246 e. The van der Waals surface area contributed by atoms with Gasteiger partial charge in [0.2, 0.25) is 18.1 Å². The van der Waals surface area contributed by atoms with Gasteiger partial charge in [0.25, 0.3) is 0 Å². The van der Waals surface area contributed by atoms with E-state index in [2.05, 4.69) is 10.6 Å². The van der Waals surface area contributed by atoms with Gasteiger partial charge in [-0.2, -0.15) is 0 Å². The number of likely N-dealkylation sites (tertiary alicyclic amines) is 1. The maximum Gasteiger partial charge on any atom is 0.246 e. The van der Waals surface area contributed by atoms with Crippen LogP contribution in [-0.2, 0) is 36.8 Å². The summed E-state index contributed by atoms with van der Waals surface area (Å²) in [6.07, 6.45) is 12.8. The monoisotopic (exact) mass is 728 g/mol. The minimum Gasteiger partial charge on any atom is -0.508 e. The van der Waals surface area contributed by atoms with Gasteiger partial charge in [0.1, 0.15) is 11.8 Å². The van der Waals surface area contributed by atoms with E-state index in [1.54, 1.807) is 19.2 Å². The molecule has 1 heterocycles. The molecule has 5 rings (SSSR count). The Labute approximate surface area is 314 Å². The van der Waals surface area contributed by atoms with E-state index >= 15 is 0 Å². The number of hydrogen-bond acceptors (Lipinski definition) is 9. The van der Waals surface area contributed by atoms with Crippen LogP contribution in [0.1, 0.15) is 94.6 Å². The zero-order valence-corrected chi connectivity index (χ0v) is 31.1. The first-order valence-corrected chi connectivity index (χ1v) is 19.7. The molecule has 11 heteroatoms. The fourth-order valence-electron chi connectivity index (χ4n) is 9.01. The first-order chi connectivity index (χ1) is 25.5. The van der Waals surface area contributed by atoms with Crippen molar-refractivity contribution in [3.05, 3.63) is 65.7 Å². The van der Waals surface area contributed by atoms with E-state index in [9.17, 15) is 29.1 Å². The van der Waals surface area contributed by atoms with Crippen LogP contribution in [0.5, 0.6) is 5.75 Å². The molecule has 0 spiro atoms. The number of likely N-dealkylation sites (N-methyl/N-ethyl adjacent to an activating group) is 1. The highest BCUT2D eigenvalue weighted by molar-refractivity contribution is 6.11. The summed E-state index contributed by atoms with van der Waals surface area (Å²) in [6.45, 7) is 0.269. The number of rotatable bonds is 17. The lowest BCUT2D eigenvalue weighted by Crippen LogP contribution is -2.66. The Bertz CT molecular complexity index is 1540.